The molecule has 0 fully saturated rings. The van der Waals surface area contributed by atoms with Gasteiger partial charge < -0.3 is 18.9 Å². The molecule has 0 radical (unpaired) electrons. The minimum Gasteiger partial charge on any atom is -0.495 e. The zero-order valence-electron chi connectivity index (χ0n) is 11.8. The Hall–Kier alpha value is -2.24. The molecule has 1 aromatic heterocycles. The Morgan fingerprint density at radius 2 is 1.45 bits per heavy atom. The van der Waals surface area contributed by atoms with Gasteiger partial charge in [-0.15, -0.1) is 0 Å². The largest absolute Gasteiger partial charge is 0.495 e. The fraction of sp³-hybridized carbons (Fsp3) is 0.429. The van der Waals surface area contributed by atoms with Crippen LogP contribution < -0.4 is 9.47 Å². The first-order valence-corrected chi connectivity index (χ1v) is 6.26. The highest BCUT2D eigenvalue weighted by atomic mass is 16.5. The topological polar surface area (TPSA) is 62.7 Å². The summed E-state index contributed by atoms with van der Waals surface area (Å²) in [5.74, 6) is 0.846. The molecule has 6 nitrogen and oxygen atoms in total. The molecule has 0 amide bonds. The summed E-state index contributed by atoms with van der Waals surface area (Å²) < 4.78 is 21.2. The Morgan fingerprint density at radius 1 is 1.00 bits per heavy atom. The molecule has 6 heteroatoms. The van der Waals surface area contributed by atoms with Gasteiger partial charge in [0.05, 0.1) is 18.6 Å². The summed E-state index contributed by atoms with van der Waals surface area (Å²) in [6, 6.07) is 1.61. The third kappa shape index (κ3) is 6.08. The lowest BCUT2D eigenvalue weighted by Gasteiger charge is -2.13. The third-order valence-electron chi connectivity index (χ3n) is 2.21. The Balaban J connectivity index is 2.44. The predicted octanol–water partition coefficient (Wildman–Crippen LogP) is 2.33. The lowest BCUT2D eigenvalue weighted by Crippen LogP contribution is -2.17. The van der Waals surface area contributed by atoms with Crippen molar-refractivity contribution >= 4 is 0 Å². The van der Waals surface area contributed by atoms with Gasteiger partial charge in [-0.2, -0.15) is 0 Å². The minimum absolute atomic E-state index is 0.104. The number of aromatic nitrogens is 2. The fourth-order valence-electron chi connectivity index (χ4n) is 1.29. The van der Waals surface area contributed by atoms with Gasteiger partial charge in [-0.1, -0.05) is 13.2 Å². The highest BCUT2D eigenvalue weighted by molar-refractivity contribution is 5.18. The molecule has 0 aliphatic carbocycles. The quantitative estimate of drug-likeness (QED) is 0.613. The fourth-order valence-corrected chi connectivity index (χ4v) is 1.29. The normalized spacial score (nSPS) is 12.9. The van der Waals surface area contributed by atoms with E-state index in [1.165, 1.54) is 18.9 Å². The van der Waals surface area contributed by atoms with Crippen LogP contribution in [-0.4, -0.2) is 35.4 Å². The monoisotopic (exact) mass is 280 g/mol. The van der Waals surface area contributed by atoms with Crippen molar-refractivity contribution in [3.63, 3.8) is 0 Å². The summed E-state index contributed by atoms with van der Waals surface area (Å²) in [7, 11) is 0. The molecule has 2 unspecified atom stereocenters. The minimum atomic E-state index is -0.104. The van der Waals surface area contributed by atoms with Crippen molar-refractivity contribution in [3.05, 3.63) is 38.1 Å². The van der Waals surface area contributed by atoms with Gasteiger partial charge in [-0.3, -0.25) is 0 Å². The number of ether oxygens (including phenoxy) is 4. The molecule has 0 spiro atoms. The van der Waals surface area contributed by atoms with Gasteiger partial charge in [-0.25, -0.2) is 9.97 Å². The smallest absolute Gasteiger partial charge is 0.220 e. The van der Waals surface area contributed by atoms with Crippen molar-refractivity contribution in [1.82, 2.24) is 9.97 Å². The van der Waals surface area contributed by atoms with Crippen LogP contribution in [0.2, 0.25) is 0 Å². The van der Waals surface area contributed by atoms with Gasteiger partial charge in [-0.05, 0) is 13.8 Å². The lowest BCUT2D eigenvalue weighted by atomic mass is 10.4. The first kappa shape index (κ1) is 15.8. The lowest BCUT2D eigenvalue weighted by molar-refractivity contribution is 0.0964. The van der Waals surface area contributed by atoms with Crippen molar-refractivity contribution in [2.45, 2.75) is 26.1 Å². The summed E-state index contributed by atoms with van der Waals surface area (Å²) in [6.07, 6.45) is 3.93. The van der Waals surface area contributed by atoms with E-state index in [0.717, 1.165) is 0 Å². The second-order valence-corrected chi connectivity index (χ2v) is 4.04. The standard InChI is InChI=1S/C14H20N2O4/c1-5-17-11(3)8-19-13-7-14(16-10-15-13)20-9-12(4)18-6-2/h5-7,10-12H,1-2,8-9H2,3-4H3. The van der Waals surface area contributed by atoms with Crippen LogP contribution in [-0.2, 0) is 9.47 Å². The van der Waals surface area contributed by atoms with Crippen LogP contribution in [0.4, 0.5) is 0 Å². The zero-order chi connectivity index (χ0) is 14.8. The van der Waals surface area contributed by atoms with E-state index in [0.29, 0.717) is 25.0 Å². The number of nitrogens with zero attached hydrogens (tertiary/aromatic N) is 2. The van der Waals surface area contributed by atoms with Crippen molar-refractivity contribution in [1.29, 1.82) is 0 Å². The average Bonchev–Trinajstić information content (AvgIpc) is 2.44. The van der Waals surface area contributed by atoms with Gasteiger partial charge >= 0.3 is 0 Å². The summed E-state index contributed by atoms with van der Waals surface area (Å²) in [5.41, 5.74) is 0. The number of hydrogen-bond acceptors (Lipinski definition) is 6. The maximum atomic E-state index is 5.46. The molecule has 0 saturated carbocycles. The first-order chi connectivity index (χ1) is 9.65. The van der Waals surface area contributed by atoms with Crippen molar-refractivity contribution < 1.29 is 18.9 Å². The maximum absolute atomic E-state index is 5.46. The van der Waals surface area contributed by atoms with Crippen LogP contribution in [0.25, 0.3) is 0 Å². The maximum Gasteiger partial charge on any atom is 0.220 e. The van der Waals surface area contributed by atoms with Crippen LogP contribution in [0, 0.1) is 0 Å². The highest BCUT2D eigenvalue weighted by Gasteiger charge is 2.07. The molecule has 0 aliphatic rings. The SMILES string of the molecule is C=COC(C)COc1cc(OCC(C)OC=C)ncn1. The molecule has 1 rings (SSSR count). The Labute approximate surface area is 119 Å². The second-order valence-electron chi connectivity index (χ2n) is 4.04. The molecule has 20 heavy (non-hydrogen) atoms. The predicted molar refractivity (Wildman–Crippen MR) is 74.5 cm³/mol. The highest BCUT2D eigenvalue weighted by Crippen LogP contribution is 2.14. The van der Waals surface area contributed by atoms with Crippen molar-refractivity contribution in [2.24, 2.45) is 0 Å². The van der Waals surface area contributed by atoms with Gasteiger partial charge in [0.15, 0.2) is 0 Å². The summed E-state index contributed by atoms with van der Waals surface area (Å²) in [4.78, 5) is 7.99. The van der Waals surface area contributed by atoms with Crippen molar-refractivity contribution in [3.8, 4) is 11.8 Å². The van der Waals surface area contributed by atoms with Crippen LogP contribution in [0.15, 0.2) is 38.1 Å². The van der Waals surface area contributed by atoms with E-state index in [4.69, 9.17) is 18.9 Å². The molecular formula is C14H20N2O4. The molecular weight excluding hydrogens is 260 g/mol. The van der Waals surface area contributed by atoms with E-state index in [-0.39, 0.29) is 12.2 Å². The molecule has 0 N–H and O–H groups in total. The second kappa shape index (κ2) is 8.79. The molecule has 0 aliphatic heterocycles. The van der Waals surface area contributed by atoms with Crippen LogP contribution in [0.1, 0.15) is 13.8 Å². The number of hydrogen-bond donors (Lipinski definition) is 0. The molecule has 0 bridgehead atoms. The molecule has 1 aromatic rings. The summed E-state index contributed by atoms with van der Waals surface area (Å²) in [5, 5.41) is 0. The molecule has 0 aromatic carbocycles. The Kier molecular flexibility index (Phi) is 6.95. The van der Waals surface area contributed by atoms with E-state index < -0.39 is 0 Å². The summed E-state index contributed by atoms with van der Waals surface area (Å²) in [6.45, 7) is 11.4. The van der Waals surface area contributed by atoms with Crippen LogP contribution in [0.3, 0.4) is 0 Å². The molecule has 1 heterocycles. The summed E-state index contributed by atoms with van der Waals surface area (Å²) >= 11 is 0. The zero-order valence-corrected chi connectivity index (χ0v) is 11.8. The van der Waals surface area contributed by atoms with Gasteiger partial charge in [0.25, 0.3) is 0 Å². The van der Waals surface area contributed by atoms with Gasteiger partial charge in [0.1, 0.15) is 31.7 Å². The Morgan fingerprint density at radius 3 is 1.85 bits per heavy atom. The third-order valence-corrected chi connectivity index (χ3v) is 2.21. The van der Waals surface area contributed by atoms with E-state index in [1.807, 2.05) is 13.8 Å². The first-order valence-electron chi connectivity index (χ1n) is 6.26. The Bertz CT molecular complexity index is 390. The van der Waals surface area contributed by atoms with E-state index in [2.05, 4.69) is 23.1 Å². The molecule has 2 atom stereocenters. The van der Waals surface area contributed by atoms with Crippen LogP contribution in [0.5, 0.6) is 11.8 Å². The van der Waals surface area contributed by atoms with Crippen molar-refractivity contribution in [2.75, 3.05) is 13.2 Å². The van der Waals surface area contributed by atoms with E-state index in [9.17, 15) is 0 Å². The number of rotatable bonds is 10. The van der Waals surface area contributed by atoms with Crippen LogP contribution >= 0.6 is 0 Å². The molecule has 0 saturated heterocycles. The van der Waals surface area contributed by atoms with E-state index >= 15 is 0 Å². The van der Waals surface area contributed by atoms with E-state index in [1.54, 1.807) is 6.07 Å². The van der Waals surface area contributed by atoms with Gasteiger partial charge in [0.2, 0.25) is 11.8 Å². The average molecular weight is 280 g/mol. The molecule has 110 valence electrons. The van der Waals surface area contributed by atoms with Gasteiger partial charge in [0, 0.05) is 0 Å².